The lowest BCUT2D eigenvalue weighted by molar-refractivity contribution is -0.199. The van der Waals surface area contributed by atoms with Gasteiger partial charge in [0.15, 0.2) is 0 Å². The van der Waals surface area contributed by atoms with Gasteiger partial charge >= 0.3 is 6.09 Å². The molecule has 2 saturated heterocycles. The zero-order valence-corrected chi connectivity index (χ0v) is 29.9. The first-order chi connectivity index (χ1) is 22.6. The zero-order chi connectivity index (χ0) is 34.6. The lowest BCUT2D eigenvalue weighted by atomic mass is 9.49. The molecule has 48 heavy (non-hydrogen) atoms. The van der Waals surface area contributed by atoms with Gasteiger partial charge in [0.2, 0.25) is 5.69 Å². The van der Waals surface area contributed by atoms with E-state index in [2.05, 4.69) is 49.3 Å². The van der Waals surface area contributed by atoms with Gasteiger partial charge in [0.25, 0.3) is 5.91 Å². The van der Waals surface area contributed by atoms with Crippen LogP contribution in [-0.2, 0) is 11.3 Å². The van der Waals surface area contributed by atoms with Crippen molar-refractivity contribution in [1.29, 1.82) is 0 Å². The summed E-state index contributed by atoms with van der Waals surface area (Å²) in [7, 11) is 0. The van der Waals surface area contributed by atoms with Gasteiger partial charge in [0.1, 0.15) is 23.1 Å². The fraction of sp³-hybridized carbons (Fsp3) is 0.579. The minimum Gasteiger partial charge on any atom is -0.489 e. The maximum absolute atomic E-state index is 13.7. The second kappa shape index (κ2) is 12.6. The molecule has 10 heteroatoms. The molecule has 0 bridgehead atoms. The van der Waals surface area contributed by atoms with Crippen molar-refractivity contribution < 1.29 is 19.1 Å². The molecule has 1 saturated carbocycles. The predicted octanol–water partition coefficient (Wildman–Crippen LogP) is 7.05. The molecule has 9 nitrogen and oxygen atoms in total. The van der Waals surface area contributed by atoms with Crippen LogP contribution in [0.25, 0.3) is 4.85 Å². The molecule has 2 aromatic rings. The molecule has 0 radical (unpaired) electrons. The highest BCUT2D eigenvalue weighted by molar-refractivity contribution is 6.33. The summed E-state index contributed by atoms with van der Waals surface area (Å²) < 4.78 is 11.9. The van der Waals surface area contributed by atoms with E-state index >= 15 is 0 Å². The number of benzene rings is 1. The minimum atomic E-state index is -0.463. The number of rotatable bonds is 5. The molecular weight excluding hydrogens is 626 g/mol. The van der Waals surface area contributed by atoms with Crippen LogP contribution in [0.4, 0.5) is 10.5 Å². The van der Waals surface area contributed by atoms with E-state index in [4.69, 9.17) is 32.6 Å². The zero-order valence-electron chi connectivity index (χ0n) is 29.1. The van der Waals surface area contributed by atoms with E-state index in [1.807, 2.05) is 37.8 Å². The Kier molecular flexibility index (Phi) is 8.94. The summed E-state index contributed by atoms with van der Waals surface area (Å²) in [5.41, 5.74) is 1.39. The average Bonchev–Trinajstić information content (AvgIpc) is 3.29. The number of hydrogen-bond donors (Lipinski definition) is 0. The van der Waals surface area contributed by atoms with Gasteiger partial charge in [0.05, 0.1) is 29.4 Å². The largest absolute Gasteiger partial charge is 0.489 e. The number of pyridine rings is 1. The van der Waals surface area contributed by atoms with Crippen molar-refractivity contribution in [2.24, 2.45) is 22.7 Å². The SMILES string of the molecule is [C-]#[N+]c1ccc(OC2C(C)(C)C(N3Cc4nc(C#CC5CCN(CC6CN(C(=O)OC(C)(C)C)C6)CC5)ccc4C3=O)C2(C)C)cc1Cl. The standard InChI is InChI=1S/C38H46ClN5O4/c1-36(2,3)48-35(46)43-21-25(22-43)20-42-17-15-24(16-18-42)9-10-26-11-13-28-31(41-26)23-44(32(28)45)33-37(4,5)34(38(33,6)7)47-27-12-14-30(40-8)29(39)19-27/h11-14,19,24-25,33-34H,15-18,20-23H2,1-7H3. The minimum absolute atomic E-state index is 0.000821. The van der Waals surface area contributed by atoms with Crippen LogP contribution in [0.2, 0.25) is 5.02 Å². The van der Waals surface area contributed by atoms with E-state index in [-0.39, 0.29) is 35.0 Å². The Balaban J connectivity index is 1.02. The summed E-state index contributed by atoms with van der Waals surface area (Å²) in [4.78, 5) is 40.4. The Morgan fingerprint density at radius 3 is 2.42 bits per heavy atom. The molecule has 4 aliphatic rings. The number of amides is 2. The first-order valence-electron chi connectivity index (χ1n) is 16.9. The van der Waals surface area contributed by atoms with Crippen LogP contribution in [0.1, 0.15) is 83.1 Å². The number of aromatic nitrogens is 1. The molecule has 1 aliphatic carbocycles. The highest BCUT2D eigenvalue weighted by atomic mass is 35.5. The van der Waals surface area contributed by atoms with Crippen molar-refractivity contribution in [3.05, 3.63) is 63.7 Å². The van der Waals surface area contributed by atoms with Gasteiger partial charge in [0, 0.05) is 48.3 Å². The van der Waals surface area contributed by atoms with Gasteiger partial charge in [-0.15, -0.1) is 0 Å². The molecule has 4 heterocycles. The number of halogens is 1. The highest BCUT2D eigenvalue weighted by Gasteiger charge is 2.67. The van der Waals surface area contributed by atoms with Crippen molar-refractivity contribution >= 4 is 29.3 Å². The molecule has 3 aliphatic heterocycles. The van der Waals surface area contributed by atoms with Crippen molar-refractivity contribution in [2.75, 3.05) is 32.7 Å². The van der Waals surface area contributed by atoms with Crippen molar-refractivity contribution in [2.45, 2.75) is 85.6 Å². The van der Waals surface area contributed by atoms with Gasteiger partial charge in [-0.25, -0.2) is 14.6 Å². The number of nitrogens with zero attached hydrogens (tertiary/aromatic N) is 5. The van der Waals surface area contributed by atoms with Crippen LogP contribution in [0.15, 0.2) is 30.3 Å². The van der Waals surface area contributed by atoms with Crippen LogP contribution >= 0.6 is 11.6 Å². The quantitative estimate of drug-likeness (QED) is 0.250. The third kappa shape index (κ3) is 6.60. The molecule has 1 aromatic heterocycles. The molecule has 0 spiro atoms. The Bertz CT molecular complexity index is 1680. The fourth-order valence-corrected chi connectivity index (χ4v) is 8.66. The van der Waals surface area contributed by atoms with Crippen LogP contribution in [0.5, 0.6) is 5.75 Å². The predicted molar refractivity (Wildman–Crippen MR) is 185 cm³/mol. The normalized spacial score (nSPS) is 23.7. The molecule has 254 valence electrons. The molecular formula is C38H46ClN5O4. The number of hydrogen-bond acceptors (Lipinski definition) is 6. The number of likely N-dealkylation sites (tertiary alicyclic amines) is 2. The first-order valence-corrected chi connectivity index (χ1v) is 17.3. The molecule has 6 rings (SSSR count). The number of carbonyl (C=O) groups is 2. The summed E-state index contributed by atoms with van der Waals surface area (Å²) in [6.45, 7) is 26.5. The van der Waals surface area contributed by atoms with Gasteiger partial charge in [-0.2, -0.15) is 0 Å². The summed E-state index contributed by atoms with van der Waals surface area (Å²) in [6.07, 6.45) is 1.64. The lowest BCUT2D eigenvalue weighted by Gasteiger charge is -2.65. The summed E-state index contributed by atoms with van der Waals surface area (Å²) in [5, 5.41) is 0.369. The number of carbonyl (C=O) groups excluding carboxylic acids is 2. The fourth-order valence-electron chi connectivity index (χ4n) is 8.45. The summed E-state index contributed by atoms with van der Waals surface area (Å²) >= 11 is 6.28. The van der Waals surface area contributed by atoms with Crippen molar-refractivity contribution in [3.63, 3.8) is 0 Å². The Morgan fingerprint density at radius 1 is 1.10 bits per heavy atom. The highest BCUT2D eigenvalue weighted by Crippen LogP contribution is 2.59. The maximum Gasteiger partial charge on any atom is 0.410 e. The monoisotopic (exact) mass is 671 g/mol. The number of piperidine rings is 1. The van der Waals surface area contributed by atoms with Crippen LogP contribution in [-0.4, -0.2) is 82.2 Å². The molecule has 0 N–H and O–H groups in total. The van der Waals surface area contributed by atoms with Crippen LogP contribution in [0.3, 0.4) is 0 Å². The van der Waals surface area contributed by atoms with E-state index in [1.54, 1.807) is 23.1 Å². The number of ether oxygens (including phenoxy) is 2. The van der Waals surface area contributed by atoms with E-state index < -0.39 is 5.60 Å². The average molecular weight is 672 g/mol. The molecule has 0 atom stereocenters. The third-order valence-corrected chi connectivity index (χ3v) is 10.6. The summed E-state index contributed by atoms with van der Waals surface area (Å²) in [5.74, 6) is 8.20. The van der Waals surface area contributed by atoms with E-state index in [1.165, 1.54) is 0 Å². The maximum atomic E-state index is 13.7. The van der Waals surface area contributed by atoms with Crippen LogP contribution in [0, 0.1) is 41.1 Å². The van der Waals surface area contributed by atoms with Crippen molar-refractivity contribution in [3.8, 4) is 17.6 Å². The van der Waals surface area contributed by atoms with Crippen LogP contribution < -0.4 is 4.74 Å². The number of fused-ring (bicyclic) bond motifs is 1. The second-order valence-corrected chi connectivity index (χ2v) is 16.4. The van der Waals surface area contributed by atoms with Gasteiger partial charge in [-0.05, 0) is 76.9 Å². The second-order valence-electron chi connectivity index (χ2n) is 16.0. The van der Waals surface area contributed by atoms with Crippen molar-refractivity contribution in [1.82, 2.24) is 19.7 Å². The van der Waals surface area contributed by atoms with E-state index in [0.717, 1.165) is 51.3 Å². The van der Waals surface area contributed by atoms with E-state index in [0.29, 0.717) is 46.1 Å². The molecule has 2 amide bonds. The Hall–Kier alpha value is -3.79. The Labute approximate surface area is 289 Å². The first kappa shape index (κ1) is 34.1. The van der Waals surface area contributed by atoms with E-state index in [9.17, 15) is 9.59 Å². The topological polar surface area (TPSA) is 79.6 Å². The molecule has 3 fully saturated rings. The third-order valence-electron chi connectivity index (χ3n) is 10.3. The Morgan fingerprint density at radius 2 is 1.79 bits per heavy atom. The van der Waals surface area contributed by atoms with Gasteiger partial charge in [-0.1, -0.05) is 51.3 Å². The summed E-state index contributed by atoms with van der Waals surface area (Å²) in [6, 6.07) is 8.84. The van der Waals surface area contributed by atoms with Gasteiger partial charge < -0.3 is 24.2 Å². The lowest BCUT2D eigenvalue weighted by Crippen LogP contribution is -2.74. The van der Waals surface area contributed by atoms with Gasteiger partial charge in [-0.3, -0.25) is 4.79 Å². The smallest absolute Gasteiger partial charge is 0.410 e. The molecule has 1 aromatic carbocycles. The molecule has 0 unspecified atom stereocenters.